The zero-order chi connectivity index (χ0) is 18.7. The number of likely N-dealkylation sites (tertiary alicyclic amines) is 1. The average Bonchev–Trinajstić information content (AvgIpc) is 2.62. The number of amides is 1. The van der Waals surface area contributed by atoms with Gasteiger partial charge < -0.3 is 16.0 Å². The Morgan fingerprint density at radius 2 is 1.92 bits per heavy atom. The molecular formula is C19H29N3O3S. The predicted octanol–water partition coefficient (Wildman–Crippen LogP) is 0.490. The van der Waals surface area contributed by atoms with E-state index in [0.29, 0.717) is 25.6 Å². The summed E-state index contributed by atoms with van der Waals surface area (Å²) >= 11 is 0. The number of piperidine rings is 1. The molecule has 2 aliphatic rings. The van der Waals surface area contributed by atoms with Crippen molar-refractivity contribution in [3.63, 3.8) is 0 Å². The molecule has 6 nitrogen and oxygen atoms in total. The quantitative estimate of drug-likeness (QED) is 0.794. The summed E-state index contributed by atoms with van der Waals surface area (Å²) in [4.78, 5) is 14.5. The molecule has 2 unspecified atom stereocenters. The first-order valence-electron chi connectivity index (χ1n) is 9.38. The fraction of sp³-hybridized carbons (Fsp3) is 0.632. The van der Waals surface area contributed by atoms with E-state index in [-0.39, 0.29) is 17.4 Å². The zero-order valence-corrected chi connectivity index (χ0v) is 16.2. The van der Waals surface area contributed by atoms with Crippen molar-refractivity contribution in [1.82, 2.24) is 10.2 Å². The van der Waals surface area contributed by atoms with Crippen molar-refractivity contribution in [3.8, 4) is 0 Å². The molecule has 2 atom stereocenters. The van der Waals surface area contributed by atoms with Crippen molar-refractivity contribution in [1.29, 1.82) is 0 Å². The third-order valence-corrected chi connectivity index (χ3v) is 7.24. The van der Waals surface area contributed by atoms with Gasteiger partial charge in [0.05, 0.1) is 11.5 Å². The molecule has 3 N–H and O–H groups in total. The number of benzene rings is 1. The van der Waals surface area contributed by atoms with E-state index < -0.39 is 21.9 Å². The van der Waals surface area contributed by atoms with Gasteiger partial charge in [-0.1, -0.05) is 29.8 Å². The number of sulfone groups is 1. The lowest BCUT2D eigenvalue weighted by Crippen LogP contribution is -2.60. The second-order valence-corrected chi connectivity index (χ2v) is 9.89. The van der Waals surface area contributed by atoms with E-state index in [9.17, 15) is 13.2 Å². The van der Waals surface area contributed by atoms with E-state index in [1.807, 2.05) is 0 Å². The number of carbonyl (C=O) groups is 1. The maximum absolute atomic E-state index is 12.7. The van der Waals surface area contributed by atoms with Crippen molar-refractivity contribution in [3.05, 3.63) is 35.4 Å². The maximum atomic E-state index is 12.7. The number of carbonyl (C=O) groups excluding carboxylic acids is 1. The highest BCUT2D eigenvalue weighted by Crippen LogP contribution is 2.22. The van der Waals surface area contributed by atoms with Crippen LogP contribution in [0.1, 0.15) is 24.0 Å². The molecule has 0 aromatic heterocycles. The van der Waals surface area contributed by atoms with Crippen LogP contribution in [0.3, 0.4) is 0 Å². The van der Waals surface area contributed by atoms with E-state index in [1.54, 1.807) is 4.90 Å². The highest BCUT2D eigenvalue weighted by Gasteiger charge is 2.35. The number of rotatable bonds is 4. The summed E-state index contributed by atoms with van der Waals surface area (Å²) in [6, 6.07) is 7.36. The lowest BCUT2D eigenvalue weighted by molar-refractivity contribution is -0.134. The van der Waals surface area contributed by atoms with Gasteiger partial charge in [-0.3, -0.25) is 4.79 Å². The highest BCUT2D eigenvalue weighted by molar-refractivity contribution is 7.91. The summed E-state index contributed by atoms with van der Waals surface area (Å²) in [6.45, 7) is 3.85. The van der Waals surface area contributed by atoms with Gasteiger partial charge in [-0.25, -0.2) is 8.42 Å². The van der Waals surface area contributed by atoms with Crippen molar-refractivity contribution in [2.45, 2.75) is 38.3 Å². The van der Waals surface area contributed by atoms with Crippen LogP contribution in [0.2, 0.25) is 0 Å². The van der Waals surface area contributed by atoms with Crippen LogP contribution in [0.4, 0.5) is 0 Å². The Labute approximate surface area is 156 Å². The predicted molar refractivity (Wildman–Crippen MR) is 103 cm³/mol. The minimum atomic E-state index is -3.10. The molecule has 144 valence electrons. The molecule has 2 saturated heterocycles. The first-order chi connectivity index (χ1) is 12.3. The van der Waals surface area contributed by atoms with Crippen LogP contribution >= 0.6 is 0 Å². The number of nitrogens with zero attached hydrogens (tertiary/aromatic N) is 1. The van der Waals surface area contributed by atoms with Gasteiger partial charge in [-0.15, -0.1) is 0 Å². The zero-order valence-electron chi connectivity index (χ0n) is 15.4. The lowest BCUT2D eigenvalue weighted by Gasteiger charge is -2.36. The molecule has 1 aromatic carbocycles. The summed E-state index contributed by atoms with van der Waals surface area (Å²) in [6.07, 6.45) is 2.96. The monoisotopic (exact) mass is 379 g/mol. The molecule has 1 amide bonds. The molecule has 2 heterocycles. The van der Waals surface area contributed by atoms with Crippen LogP contribution in [0.25, 0.3) is 0 Å². The smallest absolute Gasteiger partial charge is 0.241 e. The van der Waals surface area contributed by atoms with Crippen LogP contribution in [-0.4, -0.2) is 62.4 Å². The molecule has 0 radical (unpaired) electrons. The number of hydrogen-bond acceptors (Lipinski definition) is 5. The van der Waals surface area contributed by atoms with Crippen molar-refractivity contribution < 1.29 is 13.2 Å². The van der Waals surface area contributed by atoms with Crippen LogP contribution in [0, 0.1) is 12.8 Å². The number of hydrogen-bond donors (Lipinski definition) is 2. The largest absolute Gasteiger partial charge is 0.341 e. The molecule has 0 spiro atoms. The minimum absolute atomic E-state index is 0.0518. The van der Waals surface area contributed by atoms with Gasteiger partial charge in [0.25, 0.3) is 0 Å². The summed E-state index contributed by atoms with van der Waals surface area (Å²) in [5.41, 5.74) is 8.70. The molecule has 3 rings (SSSR count). The van der Waals surface area contributed by atoms with Gasteiger partial charge >= 0.3 is 0 Å². The van der Waals surface area contributed by atoms with E-state index in [2.05, 4.69) is 36.5 Å². The number of nitrogens with one attached hydrogen (secondary N) is 1. The fourth-order valence-electron chi connectivity index (χ4n) is 3.84. The number of nitrogens with two attached hydrogens (primary N) is 1. The van der Waals surface area contributed by atoms with E-state index in [0.717, 1.165) is 19.3 Å². The Balaban J connectivity index is 1.50. The fourth-order valence-corrected chi connectivity index (χ4v) is 5.31. The van der Waals surface area contributed by atoms with E-state index >= 15 is 0 Å². The van der Waals surface area contributed by atoms with Crippen molar-refractivity contribution in [2.24, 2.45) is 11.7 Å². The summed E-state index contributed by atoms with van der Waals surface area (Å²) in [5, 5.41) is 3.09. The van der Waals surface area contributed by atoms with Crippen molar-refractivity contribution >= 4 is 15.7 Å². The topological polar surface area (TPSA) is 92.5 Å². The maximum Gasteiger partial charge on any atom is 0.241 e. The Kier molecular flexibility index (Phi) is 5.99. The normalized spacial score (nSPS) is 25.0. The molecule has 1 aromatic rings. The SMILES string of the molecule is Cc1ccc(CC2CCN(C(=O)C(N)C3CS(=O)(=O)CCN3)CC2)cc1. The van der Waals surface area contributed by atoms with Gasteiger partial charge in [0.15, 0.2) is 9.84 Å². The van der Waals surface area contributed by atoms with Crippen LogP contribution < -0.4 is 11.1 Å². The summed E-state index contributed by atoms with van der Waals surface area (Å²) < 4.78 is 23.6. The standard InChI is InChI=1S/C19H29N3O3S/c1-14-2-4-15(5-3-14)12-16-6-9-22(10-7-16)19(23)18(20)17-13-26(24,25)11-8-21-17/h2-5,16-18,21H,6-13,20H2,1H3. The second-order valence-electron chi connectivity index (χ2n) is 7.66. The number of aryl methyl sites for hydroxylation is 1. The van der Waals surface area contributed by atoms with Crippen LogP contribution in [-0.2, 0) is 21.1 Å². The molecule has 7 heteroatoms. The van der Waals surface area contributed by atoms with Crippen LogP contribution in [0.5, 0.6) is 0 Å². The average molecular weight is 380 g/mol. The summed E-state index contributed by atoms with van der Waals surface area (Å²) in [5.74, 6) is 0.512. The highest BCUT2D eigenvalue weighted by atomic mass is 32.2. The molecular weight excluding hydrogens is 350 g/mol. The van der Waals surface area contributed by atoms with Crippen LogP contribution in [0.15, 0.2) is 24.3 Å². The van der Waals surface area contributed by atoms with Gasteiger partial charge in [0.1, 0.15) is 6.04 Å². The molecule has 0 bridgehead atoms. The molecule has 0 saturated carbocycles. The van der Waals surface area contributed by atoms with Gasteiger partial charge in [0, 0.05) is 25.7 Å². The van der Waals surface area contributed by atoms with E-state index in [1.165, 1.54) is 11.1 Å². The third-order valence-electron chi connectivity index (χ3n) is 5.54. The Hall–Kier alpha value is -1.44. The minimum Gasteiger partial charge on any atom is -0.341 e. The molecule has 0 aliphatic carbocycles. The second kappa shape index (κ2) is 8.06. The first kappa shape index (κ1) is 19.3. The van der Waals surface area contributed by atoms with Crippen molar-refractivity contribution in [2.75, 3.05) is 31.1 Å². The molecule has 2 aliphatic heterocycles. The van der Waals surface area contributed by atoms with Gasteiger partial charge in [0.2, 0.25) is 5.91 Å². The Morgan fingerprint density at radius 3 is 2.54 bits per heavy atom. The summed E-state index contributed by atoms with van der Waals surface area (Å²) in [7, 11) is -3.10. The van der Waals surface area contributed by atoms with Gasteiger partial charge in [-0.05, 0) is 37.7 Å². The Bertz CT molecular complexity index is 725. The van der Waals surface area contributed by atoms with Gasteiger partial charge in [-0.2, -0.15) is 0 Å². The van der Waals surface area contributed by atoms with E-state index in [4.69, 9.17) is 5.73 Å². The molecule has 2 fully saturated rings. The lowest BCUT2D eigenvalue weighted by atomic mass is 9.89. The first-order valence-corrected chi connectivity index (χ1v) is 11.2. The Morgan fingerprint density at radius 1 is 1.27 bits per heavy atom. The third kappa shape index (κ3) is 4.84. The molecule has 26 heavy (non-hydrogen) atoms.